The second kappa shape index (κ2) is 12.0. The van der Waals surface area contributed by atoms with E-state index in [9.17, 15) is 14.7 Å². The fraction of sp³-hybridized carbons (Fsp3) is 0.290. The average Bonchev–Trinajstić information content (AvgIpc) is 3.33. The molecule has 0 fully saturated rings. The van der Waals surface area contributed by atoms with Gasteiger partial charge in [0.15, 0.2) is 0 Å². The number of hydrogen-bond donors (Lipinski definition) is 2. The molecule has 2 N–H and O–H groups in total. The first-order valence-electron chi connectivity index (χ1n) is 12.6. The number of amides is 1. The van der Waals surface area contributed by atoms with Crippen LogP contribution in [0.2, 0.25) is 0 Å². The molecule has 1 heterocycles. The zero-order chi connectivity index (χ0) is 28.0. The van der Waals surface area contributed by atoms with Crippen LogP contribution >= 0.6 is 0 Å². The molecule has 39 heavy (non-hydrogen) atoms. The minimum Gasteiger partial charge on any atom is -0.489 e. The molecule has 0 saturated carbocycles. The standard InChI is InChI=1S/C31H33NO7/c1-31(2,3)39-30(35)32-17-20-8-7-10-22(12-20)26-14-21(13-24-15-25(18-33)38-29(24)26)19-37-27-11-6-5-9-23(27)16-28(34)36-4/h5-15,33H,16-19H2,1-4H3,(H,32,35). The number of rotatable bonds is 9. The van der Waals surface area contributed by atoms with Gasteiger partial charge in [-0.1, -0.05) is 36.4 Å². The van der Waals surface area contributed by atoms with Crippen molar-refractivity contribution in [1.29, 1.82) is 0 Å². The van der Waals surface area contributed by atoms with Gasteiger partial charge in [0.1, 0.15) is 35.9 Å². The highest BCUT2D eigenvalue weighted by atomic mass is 16.6. The Hall–Kier alpha value is -4.30. The minimum absolute atomic E-state index is 0.114. The van der Waals surface area contributed by atoms with Gasteiger partial charge in [-0.25, -0.2) is 4.79 Å². The van der Waals surface area contributed by atoms with E-state index in [0.29, 0.717) is 23.6 Å². The van der Waals surface area contributed by atoms with Crippen LogP contribution in [-0.4, -0.2) is 29.9 Å². The van der Waals surface area contributed by atoms with Crippen molar-refractivity contribution in [3.63, 3.8) is 0 Å². The number of methoxy groups -OCH3 is 1. The van der Waals surface area contributed by atoms with Crippen molar-refractivity contribution in [1.82, 2.24) is 5.32 Å². The van der Waals surface area contributed by atoms with Crippen LogP contribution in [-0.2, 0) is 40.4 Å². The second-order valence-electron chi connectivity index (χ2n) is 10.1. The van der Waals surface area contributed by atoms with Crippen LogP contribution in [0.25, 0.3) is 22.1 Å². The van der Waals surface area contributed by atoms with Gasteiger partial charge in [0, 0.05) is 23.1 Å². The molecule has 3 aromatic carbocycles. The van der Waals surface area contributed by atoms with E-state index in [1.54, 1.807) is 6.07 Å². The Labute approximate surface area is 227 Å². The third-order valence-corrected chi connectivity index (χ3v) is 5.89. The van der Waals surface area contributed by atoms with E-state index in [2.05, 4.69) is 5.32 Å². The molecule has 204 valence electrons. The summed E-state index contributed by atoms with van der Waals surface area (Å²) in [5.41, 5.74) is 4.28. The van der Waals surface area contributed by atoms with E-state index in [-0.39, 0.29) is 25.6 Å². The molecule has 8 nitrogen and oxygen atoms in total. The van der Waals surface area contributed by atoms with Gasteiger partial charge in [0.25, 0.3) is 0 Å². The zero-order valence-corrected chi connectivity index (χ0v) is 22.6. The summed E-state index contributed by atoms with van der Waals surface area (Å²) in [6.45, 7) is 5.78. The highest BCUT2D eigenvalue weighted by molar-refractivity contribution is 5.93. The van der Waals surface area contributed by atoms with Crippen molar-refractivity contribution in [2.24, 2.45) is 0 Å². The van der Waals surface area contributed by atoms with E-state index in [0.717, 1.165) is 33.2 Å². The van der Waals surface area contributed by atoms with E-state index in [1.807, 2.05) is 81.4 Å². The van der Waals surface area contributed by atoms with E-state index in [4.69, 9.17) is 18.6 Å². The summed E-state index contributed by atoms with van der Waals surface area (Å²) in [6.07, 6.45) is -0.372. The number of carbonyl (C=O) groups is 2. The first-order chi connectivity index (χ1) is 18.6. The van der Waals surface area contributed by atoms with Crippen LogP contribution < -0.4 is 10.1 Å². The third-order valence-electron chi connectivity index (χ3n) is 5.89. The molecular weight excluding hydrogens is 498 g/mol. The highest BCUT2D eigenvalue weighted by Crippen LogP contribution is 2.34. The lowest BCUT2D eigenvalue weighted by Crippen LogP contribution is -2.32. The SMILES string of the molecule is COC(=O)Cc1ccccc1OCc1cc(-c2cccc(CNC(=O)OC(C)(C)C)c2)c2oc(CO)cc2c1. The number of alkyl carbamates (subject to hydrolysis) is 1. The normalized spacial score (nSPS) is 11.3. The summed E-state index contributed by atoms with van der Waals surface area (Å²) in [7, 11) is 1.36. The van der Waals surface area contributed by atoms with Crippen LogP contribution in [0.5, 0.6) is 5.75 Å². The average molecular weight is 532 g/mol. The monoisotopic (exact) mass is 531 g/mol. The number of nitrogens with one attached hydrogen (secondary N) is 1. The smallest absolute Gasteiger partial charge is 0.407 e. The van der Waals surface area contributed by atoms with Gasteiger partial charge >= 0.3 is 12.1 Å². The number of ether oxygens (including phenoxy) is 3. The number of para-hydroxylation sites is 1. The Morgan fingerprint density at radius 2 is 1.77 bits per heavy atom. The molecule has 0 aliphatic carbocycles. The Kier molecular flexibility index (Phi) is 8.56. The minimum atomic E-state index is -0.580. The number of esters is 1. The molecule has 1 aromatic heterocycles. The first kappa shape index (κ1) is 27.7. The van der Waals surface area contributed by atoms with Crippen LogP contribution in [0.15, 0.2) is 71.1 Å². The van der Waals surface area contributed by atoms with Crippen LogP contribution in [0.4, 0.5) is 4.79 Å². The molecule has 0 atom stereocenters. The Morgan fingerprint density at radius 1 is 0.974 bits per heavy atom. The van der Waals surface area contributed by atoms with E-state index in [1.165, 1.54) is 7.11 Å². The van der Waals surface area contributed by atoms with Crippen LogP contribution in [0.3, 0.4) is 0 Å². The third kappa shape index (κ3) is 7.39. The molecule has 4 rings (SSSR count). The van der Waals surface area contributed by atoms with Gasteiger partial charge in [0.05, 0.1) is 13.5 Å². The maximum atomic E-state index is 12.1. The van der Waals surface area contributed by atoms with Gasteiger partial charge in [-0.3, -0.25) is 4.79 Å². The lowest BCUT2D eigenvalue weighted by Gasteiger charge is -2.19. The Morgan fingerprint density at radius 3 is 2.51 bits per heavy atom. The largest absolute Gasteiger partial charge is 0.489 e. The molecule has 0 radical (unpaired) electrons. The number of benzene rings is 3. The molecule has 0 unspecified atom stereocenters. The van der Waals surface area contributed by atoms with Gasteiger partial charge in [0.2, 0.25) is 0 Å². The number of aliphatic hydroxyl groups excluding tert-OH is 1. The van der Waals surface area contributed by atoms with Crippen molar-refractivity contribution < 1.29 is 33.3 Å². The quantitative estimate of drug-likeness (QED) is 0.259. The van der Waals surface area contributed by atoms with Crippen molar-refractivity contribution in [2.75, 3.05) is 7.11 Å². The number of hydrogen-bond acceptors (Lipinski definition) is 7. The summed E-state index contributed by atoms with van der Waals surface area (Å²) < 4.78 is 22.2. The summed E-state index contributed by atoms with van der Waals surface area (Å²) in [4.78, 5) is 23.9. The van der Waals surface area contributed by atoms with Crippen molar-refractivity contribution in [3.8, 4) is 16.9 Å². The number of furan rings is 1. The number of carbonyl (C=O) groups excluding carboxylic acids is 2. The predicted octanol–water partition coefficient (Wildman–Crippen LogP) is 5.91. The molecule has 8 heteroatoms. The lowest BCUT2D eigenvalue weighted by molar-refractivity contribution is -0.139. The van der Waals surface area contributed by atoms with Gasteiger partial charge in [-0.15, -0.1) is 0 Å². The summed E-state index contributed by atoms with van der Waals surface area (Å²) in [6, 6.07) is 20.9. The lowest BCUT2D eigenvalue weighted by atomic mass is 9.99. The fourth-order valence-corrected chi connectivity index (χ4v) is 4.16. The van der Waals surface area contributed by atoms with Gasteiger partial charge < -0.3 is 29.1 Å². The Bertz CT molecular complexity index is 1470. The zero-order valence-electron chi connectivity index (χ0n) is 22.6. The van der Waals surface area contributed by atoms with Crippen molar-refractivity contribution >= 4 is 23.0 Å². The molecule has 4 aromatic rings. The molecule has 0 saturated heterocycles. The summed E-state index contributed by atoms with van der Waals surface area (Å²) >= 11 is 0. The highest BCUT2D eigenvalue weighted by Gasteiger charge is 2.17. The molecule has 0 spiro atoms. The molecule has 1 amide bonds. The fourth-order valence-electron chi connectivity index (χ4n) is 4.16. The summed E-state index contributed by atoms with van der Waals surface area (Å²) in [5, 5.41) is 13.3. The molecule has 0 aliphatic heterocycles. The van der Waals surface area contributed by atoms with E-state index >= 15 is 0 Å². The van der Waals surface area contributed by atoms with Crippen molar-refractivity contribution in [3.05, 3.63) is 89.2 Å². The second-order valence-corrected chi connectivity index (χ2v) is 10.1. The van der Waals surface area contributed by atoms with Crippen molar-refractivity contribution in [2.45, 2.75) is 52.6 Å². The van der Waals surface area contributed by atoms with Crippen LogP contribution in [0.1, 0.15) is 43.2 Å². The van der Waals surface area contributed by atoms with Crippen LogP contribution in [0, 0.1) is 0 Å². The maximum absolute atomic E-state index is 12.1. The molecule has 0 bridgehead atoms. The topological polar surface area (TPSA) is 107 Å². The van der Waals surface area contributed by atoms with E-state index < -0.39 is 11.7 Å². The summed E-state index contributed by atoms with van der Waals surface area (Å²) in [5.74, 6) is 0.712. The first-order valence-corrected chi connectivity index (χ1v) is 12.6. The van der Waals surface area contributed by atoms with Gasteiger partial charge in [-0.05, 0) is 67.8 Å². The number of aliphatic hydroxyl groups is 1. The predicted molar refractivity (Wildman–Crippen MR) is 147 cm³/mol. The number of fused-ring (bicyclic) bond motifs is 1. The Balaban J connectivity index is 1.61. The van der Waals surface area contributed by atoms with Gasteiger partial charge in [-0.2, -0.15) is 0 Å². The maximum Gasteiger partial charge on any atom is 0.407 e. The molecular formula is C31H33NO7. The molecule has 0 aliphatic rings.